The van der Waals surface area contributed by atoms with Gasteiger partial charge in [0.15, 0.2) is 0 Å². The molecule has 29 heavy (non-hydrogen) atoms. The molecule has 2 aromatic carbocycles. The Hall–Kier alpha value is -3.19. The van der Waals surface area contributed by atoms with Gasteiger partial charge in [-0.05, 0) is 44.0 Å². The van der Waals surface area contributed by atoms with Gasteiger partial charge < -0.3 is 5.32 Å². The van der Waals surface area contributed by atoms with Crippen LogP contribution in [0.2, 0.25) is 5.02 Å². The summed E-state index contributed by atoms with van der Waals surface area (Å²) in [6, 6.07) is 12.4. The van der Waals surface area contributed by atoms with Gasteiger partial charge in [-0.15, -0.1) is 0 Å². The SMILES string of the molecule is CCNC(=O)c1nn(-c2ccc(C)c(Cl)c2)c(=O)n(Cc2ccc(C)cc2)c1=O. The summed E-state index contributed by atoms with van der Waals surface area (Å²) in [4.78, 5) is 38.4. The van der Waals surface area contributed by atoms with Crippen LogP contribution in [0.3, 0.4) is 0 Å². The number of carbonyl (C=O) groups excluding carboxylic acids is 1. The average molecular weight is 413 g/mol. The zero-order valence-electron chi connectivity index (χ0n) is 16.4. The lowest BCUT2D eigenvalue weighted by Gasteiger charge is -2.13. The molecular formula is C21H21ClN4O3. The van der Waals surface area contributed by atoms with E-state index in [1.807, 2.05) is 38.1 Å². The first-order valence-corrected chi connectivity index (χ1v) is 9.54. The molecule has 8 heteroatoms. The Kier molecular flexibility index (Phi) is 5.98. The molecular weight excluding hydrogens is 392 g/mol. The lowest BCUT2D eigenvalue weighted by atomic mass is 10.1. The van der Waals surface area contributed by atoms with Crippen molar-refractivity contribution in [2.45, 2.75) is 27.3 Å². The van der Waals surface area contributed by atoms with E-state index >= 15 is 0 Å². The highest BCUT2D eigenvalue weighted by atomic mass is 35.5. The minimum atomic E-state index is -0.740. The lowest BCUT2D eigenvalue weighted by Crippen LogP contribution is -2.46. The molecule has 0 aliphatic rings. The molecule has 0 saturated heterocycles. The molecule has 150 valence electrons. The molecule has 0 aliphatic carbocycles. The van der Waals surface area contributed by atoms with Gasteiger partial charge in [-0.25, -0.2) is 4.79 Å². The number of rotatable bonds is 5. The van der Waals surface area contributed by atoms with Crippen LogP contribution in [0.4, 0.5) is 0 Å². The van der Waals surface area contributed by atoms with Crippen LogP contribution in [0.1, 0.15) is 34.1 Å². The molecule has 0 bridgehead atoms. The van der Waals surface area contributed by atoms with Crippen molar-refractivity contribution in [1.82, 2.24) is 19.7 Å². The predicted octanol–water partition coefficient (Wildman–Crippen LogP) is 2.46. The molecule has 0 atom stereocenters. The van der Waals surface area contributed by atoms with E-state index in [-0.39, 0.29) is 12.2 Å². The van der Waals surface area contributed by atoms with Crippen molar-refractivity contribution in [2.75, 3.05) is 6.54 Å². The molecule has 0 spiro atoms. The van der Waals surface area contributed by atoms with Gasteiger partial charge >= 0.3 is 5.69 Å². The molecule has 0 fully saturated rings. The Morgan fingerprint density at radius 2 is 1.79 bits per heavy atom. The second kappa shape index (κ2) is 8.45. The highest BCUT2D eigenvalue weighted by Gasteiger charge is 2.20. The number of halogens is 1. The van der Waals surface area contributed by atoms with E-state index in [9.17, 15) is 14.4 Å². The number of amides is 1. The summed E-state index contributed by atoms with van der Waals surface area (Å²) in [6.07, 6.45) is 0. The number of aryl methyl sites for hydroxylation is 2. The second-order valence-corrected chi connectivity index (χ2v) is 7.12. The van der Waals surface area contributed by atoms with Gasteiger partial charge in [0.1, 0.15) is 0 Å². The first-order valence-electron chi connectivity index (χ1n) is 9.16. The molecule has 1 amide bonds. The molecule has 7 nitrogen and oxygen atoms in total. The fraction of sp³-hybridized carbons (Fsp3) is 0.238. The molecule has 1 aromatic heterocycles. The van der Waals surface area contributed by atoms with Crippen molar-refractivity contribution in [1.29, 1.82) is 0 Å². The predicted molar refractivity (Wildman–Crippen MR) is 112 cm³/mol. The minimum Gasteiger partial charge on any atom is -0.351 e. The van der Waals surface area contributed by atoms with Crippen LogP contribution in [0.15, 0.2) is 52.1 Å². The third-order valence-corrected chi connectivity index (χ3v) is 4.88. The number of aromatic nitrogens is 3. The first kappa shape index (κ1) is 20.5. The van der Waals surface area contributed by atoms with Gasteiger partial charge in [-0.3, -0.25) is 14.2 Å². The summed E-state index contributed by atoms with van der Waals surface area (Å²) in [6.45, 7) is 5.86. The molecule has 0 unspecified atom stereocenters. The van der Waals surface area contributed by atoms with Gasteiger partial charge in [0.2, 0.25) is 5.69 Å². The average Bonchev–Trinajstić information content (AvgIpc) is 2.69. The molecule has 0 aliphatic heterocycles. The minimum absolute atomic E-state index is 0.0203. The summed E-state index contributed by atoms with van der Waals surface area (Å²) in [5, 5.41) is 7.06. The molecule has 1 heterocycles. The Bertz CT molecular complexity index is 1180. The third kappa shape index (κ3) is 4.30. The van der Waals surface area contributed by atoms with Gasteiger partial charge in [0.25, 0.3) is 11.5 Å². The van der Waals surface area contributed by atoms with Crippen LogP contribution < -0.4 is 16.6 Å². The van der Waals surface area contributed by atoms with Crippen molar-refractivity contribution < 1.29 is 4.79 Å². The number of nitrogens with one attached hydrogen (secondary N) is 1. The lowest BCUT2D eigenvalue weighted by molar-refractivity contribution is 0.0946. The maximum Gasteiger partial charge on any atom is 0.352 e. The Morgan fingerprint density at radius 3 is 2.41 bits per heavy atom. The van der Waals surface area contributed by atoms with E-state index in [0.29, 0.717) is 17.3 Å². The van der Waals surface area contributed by atoms with Gasteiger partial charge in [0, 0.05) is 11.6 Å². The third-order valence-electron chi connectivity index (χ3n) is 4.47. The number of hydrogen-bond donors (Lipinski definition) is 1. The van der Waals surface area contributed by atoms with E-state index < -0.39 is 17.2 Å². The number of nitrogens with zero attached hydrogens (tertiary/aromatic N) is 3. The van der Waals surface area contributed by atoms with Crippen molar-refractivity contribution in [3.05, 3.63) is 90.7 Å². The monoisotopic (exact) mass is 412 g/mol. The summed E-state index contributed by atoms with van der Waals surface area (Å²) in [5.41, 5.74) is 1.28. The highest BCUT2D eigenvalue weighted by molar-refractivity contribution is 6.31. The van der Waals surface area contributed by atoms with Gasteiger partial charge in [-0.2, -0.15) is 9.78 Å². The van der Waals surface area contributed by atoms with E-state index in [2.05, 4.69) is 10.4 Å². The molecule has 3 aromatic rings. The van der Waals surface area contributed by atoms with Crippen LogP contribution in [0.25, 0.3) is 5.69 Å². The van der Waals surface area contributed by atoms with Crippen molar-refractivity contribution in [2.24, 2.45) is 0 Å². The molecule has 0 radical (unpaired) electrons. The van der Waals surface area contributed by atoms with Crippen molar-refractivity contribution in [3.63, 3.8) is 0 Å². The van der Waals surface area contributed by atoms with E-state index in [0.717, 1.165) is 25.9 Å². The molecule has 1 N–H and O–H groups in total. The zero-order chi connectivity index (χ0) is 21.1. The summed E-state index contributed by atoms with van der Waals surface area (Å²) in [5.74, 6) is -0.637. The van der Waals surface area contributed by atoms with E-state index in [4.69, 9.17) is 11.6 Å². The van der Waals surface area contributed by atoms with Crippen molar-refractivity contribution >= 4 is 17.5 Å². The summed E-state index contributed by atoms with van der Waals surface area (Å²) in [7, 11) is 0. The van der Waals surface area contributed by atoms with Gasteiger partial charge in [-0.1, -0.05) is 47.5 Å². The number of hydrogen-bond acceptors (Lipinski definition) is 4. The number of carbonyl (C=O) groups is 1. The van der Waals surface area contributed by atoms with Crippen molar-refractivity contribution in [3.8, 4) is 5.69 Å². The van der Waals surface area contributed by atoms with E-state index in [1.165, 1.54) is 0 Å². The highest BCUT2D eigenvalue weighted by Crippen LogP contribution is 2.18. The standard InChI is InChI=1S/C21H21ClN4O3/c1-4-23-19(27)18-20(28)25(12-15-8-5-13(2)6-9-15)21(29)26(24-18)16-10-7-14(3)17(22)11-16/h5-11H,4,12H2,1-3H3,(H,23,27). The maximum atomic E-state index is 13.1. The Morgan fingerprint density at radius 1 is 1.10 bits per heavy atom. The van der Waals surface area contributed by atoms with E-state index in [1.54, 1.807) is 25.1 Å². The Labute approximate surface area is 172 Å². The van der Waals surface area contributed by atoms with Crippen LogP contribution >= 0.6 is 11.6 Å². The second-order valence-electron chi connectivity index (χ2n) is 6.71. The smallest absolute Gasteiger partial charge is 0.351 e. The topological polar surface area (TPSA) is 86.0 Å². The summed E-state index contributed by atoms with van der Waals surface area (Å²) >= 11 is 6.19. The maximum absolute atomic E-state index is 13.1. The van der Waals surface area contributed by atoms with Crippen LogP contribution in [0, 0.1) is 13.8 Å². The zero-order valence-corrected chi connectivity index (χ0v) is 17.2. The Balaban J connectivity index is 2.22. The van der Waals surface area contributed by atoms with Crippen LogP contribution in [-0.4, -0.2) is 26.8 Å². The quantitative estimate of drug-likeness (QED) is 0.697. The first-order chi connectivity index (χ1) is 13.8. The summed E-state index contributed by atoms with van der Waals surface area (Å²) < 4.78 is 2.04. The number of benzene rings is 2. The molecule has 0 saturated carbocycles. The fourth-order valence-corrected chi connectivity index (χ4v) is 2.97. The largest absolute Gasteiger partial charge is 0.352 e. The fourth-order valence-electron chi connectivity index (χ4n) is 2.80. The van der Waals surface area contributed by atoms with Crippen LogP contribution in [-0.2, 0) is 6.54 Å². The van der Waals surface area contributed by atoms with Gasteiger partial charge in [0.05, 0.1) is 12.2 Å². The van der Waals surface area contributed by atoms with Crippen LogP contribution in [0.5, 0.6) is 0 Å². The molecule has 3 rings (SSSR count). The normalized spacial score (nSPS) is 10.8.